The third-order valence-electron chi connectivity index (χ3n) is 9.48. The summed E-state index contributed by atoms with van der Waals surface area (Å²) in [5.41, 5.74) is 1.28. The van der Waals surface area contributed by atoms with Crippen molar-refractivity contribution in [3.8, 4) is 5.75 Å². The molecule has 1 aromatic heterocycles. The van der Waals surface area contributed by atoms with E-state index in [1.807, 2.05) is 6.92 Å². The molecule has 12 nitrogen and oxygen atoms in total. The van der Waals surface area contributed by atoms with E-state index in [4.69, 9.17) is 14.5 Å². The molecule has 43 heavy (non-hydrogen) atoms. The van der Waals surface area contributed by atoms with E-state index >= 15 is 0 Å². The molecular weight excluding hydrogens is 550 g/mol. The van der Waals surface area contributed by atoms with E-state index in [-0.39, 0.29) is 42.6 Å². The minimum absolute atomic E-state index is 0.00529. The molecule has 4 N–H and O–H groups in total. The largest absolute Gasteiger partial charge is 0.495 e. The first kappa shape index (κ1) is 29.6. The molecule has 2 aromatic rings. The maximum atomic E-state index is 13.5. The number of fused-ring (bicyclic) bond motifs is 3. The molecule has 12 heteroatoms. The fourth-order valence-electron chi connectivity index (χ4n) is 7.44. The molecule has 2 unspecified atom stereocenters. The number of hydrogen-bond donors (Lipinski definition) is 4. The van der Waals surface area contributed by atoms with Gasteiger partial charge in [-0.25, -0.2) is 4.98 Å². The first-order valence-corrected chi connectivity index (χ1v) is 15.5. The molecular formula is C31H43N7O5. The van der Waals surface area contributed by atoms with Crippen LogP contribution in [0.25, 0.3) is 0 Å². The maximum Gasteiger partial charge on any atom is 0.251 e. The van der Waals surface area contributed by atoms with Gasteiger partial charge in [0.1, 0.15) is 17.5 Å². The Morgan fingerprint density at radius 1 is 1.23 bits per heavy atom. The molecule has 0 radical (unpaired) electrons. The highest BCUT2D eigenvalue weighted by Gasteiger charge is 2.44. The number of nitrogens with one attached hydrogen (secondary N) is 3. The highest BCUT2D eigenvalue weighted by Crippen LogP contribution is 2.40. The minimum Gasteiger partial charge on any atom is -0.495 e. The summed E-state index contributed by atoms with van der Waals surface area (Å²) in [6.45, 7) is 3.24. The molecule has 1 aromatic carbocycles. The average molecular weight is 594 g/mol. The van der Waals surface area contributed by atoms with Crippen LogP contribution in [0, 0.1) is 0 Å². The zero-order valence-corrected chi connectivity index (χ0v) is 25.3. The number of aromatic nitrogens is 2. The van der Waals surface area contributed by atoms with Crippen LogP contribution in [-0.2, 0) is 9.53 Å². The van der Waals surface area contributed by atoms with Crippen LogP contribution in [0.3, 0.4) is 0 Å². The highest BCUT2D eigenvalue weighted by molar-refractivity contribution is 6.04. The number of likely N-dealkylation sites (N-methyl/N-ethyl adjacent to an activating group) is 1. The molecule has 2 saturated heterocycles. The van der Waals surface area contributed by atoms with Crippen molar-refractivity contribution in [3.63, 3.8) is 0 Å². The van der Waals surface area contributed by atoms with Crippen molar-refractivity contribution in [2.24, 2.45) is 0 Å². The fraction of sp³-hybridized carbons (Fsp3) is 0.613. The van der Waals surface area contributed by atoms with Gasteiger partial charge in [0.15, 0.2) is 5.82 Å². The summed E-state index contributed by atoms with van der Waals surface area (Å²) in [7, 11) is 3.35. The van der Waals surface area contributed by atoms with E-state index in [0.717, 1.165) is 31.5 Å². The van der Waals surface area contributed by atoms with Gasteiger partial charge in [0.25, 0.3) is 5.91 Å². The Balaban J connectivity index is 1.23. The normalized spacial score (nSPS) is 27.2. The van der Waals surface area contributed by atoms with Crippen LogP contribution >= 0.6 is 0 Å². The predicted octanol–water partition coefficient (Wildman–Crippen LogP) is 2.73. The molecule has 232 valence electrons. The molecule has 2 amide bonds. The number of nitrogens with zero attached hydrogens (tertiary/aromatic N) is 4. The number of benzene rings is 1. The first-order chi connectivity index (χ1) is 20.8. The van der Waals surface area contributed by atoms with E-state index in [9.17, 15) is 14.7 Å². The number of rotatable bonds is 9. The molecule has 0 spiro atoms. The molecule has 4 heterocycles. The zero-order chi connectivity index (χ0) is 30.1. The van der Waals surface area contributed by atoms with Gasteiger partial charge in [-0.3, -0.25) is 9.59 Å². The van der Waals surface area contributed by atoms with Crippen molar-refractivity contribution < 1.29 is 24.2 Å². The van der Waals surface area contributed by atoms with Gasteiger partial charge in [0, 0.05) is 42.9 Å². The number of piperidine rings is 1. The molecule has 3 atom stereocenters. The Labute approximate surface area is 252 Å². The Hall–Kier alpha value is -3.48. The van der Waals surface area contributed by atoms with Gasteiger partial charge < -0.3 is 40.3 Å². The van der Waals surface area contributed by atoms with Crippen LogP contribution in [0.5, 0.6) is 5.75 Å². The summed E-state index contributed by atoms with van der Waals surface area (Å²) < 4.78 is 11.4. The van der Waals surface area contributed by atoms with Crippen LogP contribution < -0.4 is 30.5 Å². The van der Waals surface area contributed by atoms with E-state index in [1.54, 1.807) is 43.5 Å². The molecule has 2 bridgehead atoms. The van der Waals surface area contributed by atoms with Gasteiger partial charge in [-0.2, -0.15) is 4.98 Å². The first-order valence-electron chi connectivity index (χ1n) is 15.5. The van der Waals surface area contributed by atoms with Gasteiger partial charge in [0.05, 0.1) is 32.2 Å². The lowest BCUT2D eigenvalue weighted by Crippen LogP contribution is -2.65. The van der Waals surface area contributed by atoms with E-state index in [1.165, 1.54) is 0 Å². The lowest BCUT2D eigenvalue weighted by atomic mass is 9.77. The molecule has 1 aliphatic carbocycles. The van der Waals surface area contributed by atoms with E-state index in [2.05, 4.69) is 25.8 Å². The van der Waals surface area contributed by atoms with Crippen LogP contribution in [0.1, 0.15) is 68.6 Å². The molecule has 6 rings (SSSR count). The molecule has 3 fully saturated rings. The topological polar surface area (TPSA) is 141 Å². The van der Waals surface area contributed by atoms with Gasteiger partial charge in [0.2, 0.25) is 11.9 Å². The van der Waals surface area contributed by atoms with Gasteiger partial charge in [-0.1, -0.05) is 19.8 Å². The van der Waals surface area contributed by atoms with Crippen molar-refractivity contribution in [1.29, 1.82) is 0 Å². The van der Waals surface area contributed by atoms with Crippen molar-refractivity contribution in [1.82, 2.24) is 20.6 Å². The number of morpholine rings is 1. The quantitative estimate of drug-likeness (QED) is 0.343. The van der Waals surface area contributed by atoms with Crippen molar-refractivity contribution >= 4 is 35.0 Å². The molecule has 3 aliphatic heterocycles. The van der Waals surface area contributed by atoms with Crippen LogP contribution in [0.15, 0.2) is 24.4 Å². The van der Waals surface area contributed by atoms with Gasteiger partial charge >= 0.3 is 0 Å². The summed E-state index contributed by atoms with van der Waals surface area (Å²) in [5.74, 6) is 1.49. The Kier molecular flexibility index (Phi) is 8.43. The third kappa shape index (κ3) is 5.75. The zero-order valence-electron chi connectivity index (χ0n) is 25.3. The number of carbonyl (C=O) groups excluding carboxylic acids is 2. The Bertz CT molecular complexity index is 1340. The average Bonchev–Trinajstić information content (AvgIpc) is 3.53. The minimum atomic E-state index is -0.507. The number of hydrogen-bond acceptors (Lipinski definition) is 10. The number of amides is 2. The standard InChI is InChI=1S/C31H43N7O5/c1-4-24-29(41)37(2)25-16-32-30(35-27(25)38(24)22-7-5-6-8-22)34-23-10-9-19(13-26(23)42-3)28(40)36-31(11-12-39)14-20-17-43-18-21(15-31)33-20/h9-10,13,16,20-22,24,33,39H,4-8,11-12,14-15,17-18H2,1-3H3,(H,36,40)(H,32,34,35)/t20?,21?,24-,31?/m1/s1. The monoisotopic (exact) mass is 593 g/mol. The Morgan fingerprint density at radius 3 is 2.65 bits per heavy atom. The summed E-state index contributed by atoms with van der Waals surface area (Å²) in [4.78, 5) is 40.0. The maximum absolute atomic E-state index is 13.5. The van der Waals surface area contributed by atoms with Crippen molar-refractivity contribution in [3.05, 3.63) is 30.0 Å². The number of carbonyl (C=O) groups is 2. The Morgan fingerprint density at radius 2 is 1.98 bits per heavy atom. The second kappa shape index (κ2) is 12.3. The summed E-state index contributed by atoms with van der Waals surface area (Å²) >= 11 is 0. The van der Waals surface area contributed by atoms with Crippen LogP contribution in [-0.4, -0.2) is 90.6 Å². The number of aliphatic hydroxyl groups is 1. The number of anilines is 4. The highest BCUT2D eigenvalue weighted by atomic mass is 16.5. The predicted molar refractivity (Wildman–Crippen MR) is 163 cm³/mol. The van der Waals surface area contributed by atoms with Crippen LogP contribution in [0.4, 0.5) is 23.1 Å². The molecule has 1 saturated carbocycles. The smallest absolute Gasteiger partial charge is 0.251 e. The number of methoxy groups -OCH3 is 1. The van der Waals surface area contributed by atoms with E-state index in [0.29, 0.717) is 67.5 Å². The number of ether oxygens (including phenoxy) is 2. The summed E-state index contributed by atoms with van der Waals surface area (Å²) in [5, 5.41) is 19.9. The van der Waals surface area contributed by atoms with E-state index < -0.39 is 5.54 Å². The second-order valence-corrected chi connectivity index (χ2v) is 12.3. The molecule has 4 aliphatic rings. The van der Waals surface area contributed by atoms with Crippen molar-refractivity contribution in [2.75, 3.05) is 49.1 Å². The van der Waals surface area contributed by atoms with Crippen LogP contribution in [0.2, 0.25) is 0 Å². The van der Waals surface area contributed by atoms with Crippen molar-refractivity contribution in [2.45, 2.75) is 88.0 Å². The lowest BCUT2D eigenvalue weighted by molar-refractivity contribution is -0.120. The second-order valence-electron chi connectivity index (χ2n) is 12.3. The lowest BCUT2D eigenvalue weighted by Gasteiger charge is -2.48. The number of aliphatic hydroxyl groups excluding tert-OH is 1. The SMILES string of the molecule is CC[C@@H]1C(=O)N(C)c2cnc(Nc3ccc(C(=O)NC4(CCO)CC5COCC(C4)N5)cc3OC)nc2N1C1CCCC1. The third-order valence-corrected chi connectivity index (χ3v) is 9.48. The van der Waals surface area contributed by atoms with Gasteiger partial charge in [-0.15, -0.1) is 0 Å². The summed E-state index contributed by atoms with van der Waals surface area (Å²) in [6.07, 6.45) is 8.66. The fourth-order valence-corrected chi connectivity index (χ4v) is 7.44. The van der Waals surface area contributed by atoms with Gasteiger partial charge in [-0.05, 0) is 56.7 Å². The summed E-state index contributed by atoms with van der Waals surface area (Å²) in [6, 6.07) is 5.56.